The smallest absolute Gasteiger partial charge is 0.407 e. The molecule has 0 spiro atoms. The van der Waals surface area contributed by atoms with Crippen molar-refractivity contribution in [1.82, 2.24) is 5.32 Å². The molecule has 35 heavy (non-hydrogen) atoms. The van der Waals surface area contributed by atoms with E-state index in [4.69, 9.17) is 4.74 Å². The van der Waals surface area contributed by atoms with E-state index in [9.17, 15) is 19.5 Å². The molecule has 0 aliphatic heterocycles. The zero-order chi connectivity index (χ0) is 25.1. The number of carboxylic acids is 1. The maximum atomic E-state index is 12.9. The van der Waals surface area contributed by atoms with Crippen LogP contribution in [0.3, 0.4) is 0 Å². The predicted octanol–water partition coefficient (Wildman–Crippen LogP) is 5.65. The minimum absolute atomic E-state index is 0.0217. The maximum Gasteiger partial charge on any atom is 0.407 e. The van der Waals surface area contributed by atoms with Gasteiger partial charge in [0, 0.05) is 16.1 Å². The summed E-state index contributed by atoms with van der Waals surface area (Å²) in [6, 6.07) is 19.7. The lowest BCUT2D eigenvalue weighted by molar-refractivity contribution is -0.119. The van der Waals surface area contributed by atoms with Gasteiger partial charge >= 0.3 is 12.1 Å². The van der Waals surface area contributed by atoms with Crippen LogP contribution in [0, 0.1) is 5.92 Å². The van der Waals surface area contributed by atoms with Crippen molar-refractivity contribution in [2.24, 2.45) is 5.92 Å². The van der Waals surface area contributed by atoms with E-state index < -0.39 is 24.0 Å². The highest BCUT2D eigenvalue weighted by Gasteiger charge is 2.30. The molecule has 0 bridgehead atoms. The molecule has 0 aromatic heterocycles. The first kappa shape index (κ1) is 24.5. The monoisotopic (exact) mass is 536 g/mol. The first-order valence-electron chi connectivity index (χ1n) is 11.2. The van der Waals surface area contributed by atoms with Crippen molar-refractivity contribution in [1.29, 1.82) is 0 Å². The number of aromatic carboxylic acids is 1. The molecule has 4 rings (SSSR count). The van der Waals surface area contributed by atoms with Gasteiger partial charge in [-0.2, -0.15) is 0 Å². The molecule has 1 aliphatic rings. The van der Waals surface area contributed by atoms with Gasteiger partial charge in [-0.05, 0) is 62.3 Å². The molecule has 8 heteroatoms. The lowest BCUT2D eigenvalue weighted by atomic mass is 9.98. The van der Waals surface area contributed by atoms with Crippen LogP contribution in [-0.4, -0.2) is 35.7 Å². The van der Waals surface area contributed by atoms with Crippen molar-refractivity contribution < 1.29 is 24.2 Å². The fourth-order valence-electron chi connectivity index (χ4n) is 4.29. The van der Waals surface area contributed by atoms with Gasteiger partial charge in [0.25, 0.3) is 0 Å². The topological polar surface area (TPSA) is 105 Å². The minimum atomic E-state index is -1.12. The lowest BCUT2D eigenvalue weighted by Crippen LogP contribution is -2.47. The third-order valence-electron chi connectivity index (χ3n) is 6.03. The molecule has 2 amide bonds. The Hall–Kier alpha value is -3.65. The summed E-state index contributed by atoms with van der Waals surface area (Å²) in [6.07, 6.45) is -0.692. The molecular formula is C27H25BrN2O5. The number of amides is 2. The highest BCUT2D eigenvalue weighted by atomic mass is 79.9. The Morgan fingerprint density at radius 3 is 2.14 bits per heavy atom. The first-order valence-corrected chi connectivity index (χ1v) is 12.0. The largest absolute Gasteiger partial charge is 0.478 e. The van der Waals surface area contributed by atoms with Crippen LogP contribution in [0.2, 0.25) is 0 Å². The molecule has 3 N–H and O–H groups in total. The Kier molecular flexibility index (Phi) is 7.21. The second kappa shape index (κ2) is 10.3. The van der Waals surface area contributed by atoms with Gasteiger partial charge in [-0.1, -0.05) is 62.4 Å². The van der Waals surface area contributed by atoms with Gasteiger partial charge in [-0.15, -0.1) is 0 Å². The zero-order valence-electron chi connectivity index (χ0n) is 19.2. The summed E-state index contributed by atoms with van der Waals surface area (Å²) >= 11 is 3.18. The van der Waals surface area contributed by atoms with Gasteiger partial charge in [-0.25, -0.2) is 9.59 Å². The molecule has 0 unspecified atom stereocenters. The van der Waals surface area contributed by atoms with E-state index in [1.807, 2.05) is 36.4 Å². The normalized spacial score (nSPS) is 13.0. The van der Waals surface area contributed by atoms with Crippen LogP contribution in [0.1, 0.15) is 41.3 Å². The van der Waals surface area contributed by atoms with E-state index in [1.54, 1.807) is 26.0 Å². The molecule has 0 radical (unpaired) electrons. The van der Waals surface area contributed by atoms with Crippen molar-refractivity contribution in [3.63, 3.8) is 0 Å². The second-order valence-electron chi connectivity index (χ2n) is 8.68. The van der Waals surface area contributed by atoms with E-state index in [0.29, 0.717) is 10.2 Å². The van der Waals surface area contributed by atoms with Crippen molar-refractivity contribution in [3.05, 3.63) is 87.9 Å². The van der Waals surface area contributed by atoms with E-state index in [0.717, 1.165) is 22.3 Å². The molecule has 3 aromatic rings. The molecule has 1 aliphatic carbocycles. The van der Waals surface area contributed by atoms with Gasteiger partial charge in [0.2, 0.25) is 5.91 Å². The number of carbonyl (C=O) groups is 3. The Morgan fingerprint density at radius 2 is 1.57 bits per heavy atom. The van der Waals surface area contributed by atoms with Crippen molar-refractivity contribution in [2.75, 3.05) is 11.9 Å². The van der Waals surface area contributed by atoms with Gasteiger partial charge in [0.15, 0.2) is 0 Å². The van der Waals surface area contributed by atoms with Crippen molar-refractivity contribution in [3.8, 4) is 11.1 Å². The number of carbonyl (C=O) groups excluding carboxylic acids is 2. The minimum Gasteiger partial charge on any atom is -0.478 e. The summed E-state index contributed by atoms with van der Waals surface area (Å²) in [4.78, 5) is 37.0. The average Bonchev–Trinajstić information content (AvgIpc) is 3.15. The highest BCUT2D eigenvalue weighted by molar-refractivity contribution is 9.10. The molecular weight excluding hydrogens is 512 g/mol. The van der Waals surface area contributed by atoms with Crippen LogP contribution < -0.4 is 10.6 Å². The van der Waals surface area contributed by atoms with E-state index in [2.05, 4.69) is 38.7 Å². The van der Waals surface area contributed by atoms with Crippen LogP contribution in [0.5, 0.6) is 0 Å². The first-order chi connectivity index (χ1) is 16.8. The number of rotatable bonds is 7. The number of carboxylic acid groups (broad SMARTS) is 1. The van der Waals surface area contributed by atoms with E-state index >= 15 is 0 Å². The highest BCUT2D eigenvalue weighted by Crippen LogP contribution is 2.44. The number of fused-ring (bicyclic) bond motifs is 3. The number of alkyl carbamates (subject to hydrolysis) is 1. The second-order valence-corrected chi connectivity index (χ2v) is 9.53. The van der Waals surface area contributed by atoms with Crippen molar-refractivity contribution >= 4 is 39.6 Å². The average molecular weight is 537 g/mol. The summed E-state index contributed by atoms with van der Waals surface area (Å²) in [5.41, 5.74) is 4.80. The Labute approximate surface area is 211 Å². The third-order valence-corrected chi connectivity index (χ3v) is 6.72. The SMILES string of the molecule is CC(C)[C@H](NC(=O)OCC1c2ccccc2-c2ccccc21)C(=O)Nc1ccc(Br)c(C(=O)O)c1. The predicted molar refractivity (Wildman–Crippen MR) is 137 cm³/mol. The molecule has 0 fully saturated rings. The fourth-order valence-corrected chi connectivity index (χ4v) is 4.71. The quantitative estimate of drug-likeness (QED) is 0.362. The summed E-state index contributed by atoms with van der Waals surface area (Å²) in [7, 11) is 0. The molecule has 3 aromatic carbocycles. The molecule has 1 atom stereocenters. The van der Waals surface area contributed by atoms with Crippen LogP contribution >= 0.6 is 15.9 Å². The fraction of sp³-hybridized carbons (Fsp3) is 0.222. The molecule has 180 valence electrons. The summed E-state index contributed by atoms with van der Waals surface area (Å²) in [6.45, 7) is 3.75. The number of nitrogens with one attached hydrogen (secondary N) is 2. The summed E-state index contributed by atoms with van der Waals surface area (Å²) < 4.78 is 5.98. The number of benzene rings is 3. The van der Waals surface area contributed by atoms with Crippen LogP contribution in [0.15, 0.2) is 71.2 Å². The molecule has 7 nitrogen and oxygen atoms in total. The van der Waals surface area contributed by atoms with Crippen LogP contribution in [-0.2, 0) is 9.53 Å². The van der Waals surface area contributed by atoms with Gasteiger partial charge < -0.3 is 20.5 Å². The number of hydrogen-bond acceptors (Lipinski definition) is 4. The van der Waals surface area contributed by atoms with Gasteiger partial charge in [-0.3, -0.25) is 4.79 Å². The van der Waals surface area contributed by atoms with E-state index in [1.165, 1.54) is 6.07 Å². The lowest BCUT2D eigenvalue weighted by Gasteiger charge is -2.22. The third kappa shape index (κ3) is 5.22. The number of halogens is 1. The Balaban J connectivity index is 1.42. The number of ether oxygens (including phenoxy) is 1. The zero-order valence-corrected chi connectivity index (χ0v) is 20.8. The van der Waals surface area contributed by atoms with Gasteiger partial charge in [0.05, 0.1) is 5.56 Å². The standard InChI is InChI=1S/C27H25BrN2O5/c1-15(2)24(25(31)29-16-11-12-23(28)21(13-16)26(32)33)30-27(34)35-14-22-19-9-5-3-7-17(19)18-8-4-6-10-20(18)22/h3-13,15,22,24H,14H2,1-2H3,(H,29,31)(H,30,34)(H,32,33)/t24-/m0/s1. The Bertz CT molecular complexity index is 1240. The van der Waals surface area contributed by atoms with Crippen LogP contribution in [0.4, 0.5) is 10.5 Å². The van der Waals surface area contributed by atoms with Crippen LogP contribution in [0.25, 0.3) is 11.1 Å². The number of anilines is 1. The molecule has 0 heterocycles. The van der Waals surface area contributed by atoms with E-state index in [-0.39, 0.29) is 24.0 Å². The molecule has 0 saturated carbocycles. The van der Waals surface area contributed by atoms with Gasteiger partial charge in [0.1, 0.15) is 12.6 Å². The maximum absolute atomic E-state index is 12.9. The Morgan fingerprint density at radius 1 is 0.971 bits per heavy atom. The summed E-state index contributed by atoms with van der Waals surface area (Å²) in [5, 5.41) is 14.6. The summed E-state index contributed by atoms with van der Waals surface area (Å²) in [5.74, 6) is -1.90. The van der Waals surface area contributed by atoms with Crippen molar-refractivity contribution in [2.45, 2.75) is 25.8 Å². The number of hydrogen-bond donors (Lipinski definition) is 3. The molecule has 0 saturated heterocycles.